The van der Waals surface area contributed by atoms with Crippen LogP contribution in [0.15, 0.2) is 40.9 Å². The number of aromatic nitrogens is 4. The quantitative estimate of drug-likeness (QED) is 0.667. The fourth-order valence-electron chi connectivity index (χ4n) is 2.41. The number of amides is 1. The molecule has 1 atom stereocenters. The standard InChI is InChI=1S/C17H17F3N6O2/c1-10(22-14(27)12-8-13(17(18,19)20)24-26(12)2)15-23-16(25-28-15)21-9-11-6-4-3-5-7-11/h3-8,10H,9H2,1-2H3,(H,21,25)(H,22,27)/t10-/m0/s1. The average Bonchev–Trinajstić information content (AvgIpc) is 3.27. The Bertz CT molecular complexity index is 951. The molecule has 0 bridgehead atoms. The van der Waals surface area contributed by atoms with E-state index in [-0.39, 0.29) is 17.5 Å². The zero-order valence-corrected chi connectivity index (χ0v) is 15.0. The molecule has 0 unspecified atom stereocenters. The minimum absolute atomic E-state index is 0.113. The maximum atomic E-state index is 12.7. The highest BCUT2D eigenvalue weighted by atomic mass is 19.4. The molecule has 8 nitrogen and oxygen atoms in total. The molecule has 2 aromatic heterocycles. The summed E-state index contributed by atoms with van der Waals surface area (Å²) in [6.45, 7) is 2.06. The molecule has 0 saturated carbocycles. The first-order valence-electron chi connectivity index (χ1n) is 8.27. The third-order valence-electron chi connectivity index (χ3n) is 3.86. The van der Waals surface area contributed by atoms with Gasteiger partial charge in [0.25, 0.3) is 17.7 Å². The largest absolute Gasteiger partial charge is 0.435 e. The maximum absolute atomic E-state index is 12.7. The van der Waals surface area contributed by atoms with Crippen molar-refractivity contribution < 1.29 is 22.5 Å². The second kappa shape index (κ2) is 7.71. The van der Waals surface area contributed by atoms with Gasteiger partial charge in [-0.25, -0.2) is 0 Å². The SMILES string of the molecule is C[C@H](NC(=O)c1cc(C(F)(F)F)nn1C)c1nc(NCc2ccccc2)no1. The summed E-state index contributed by atoms with van der Waals surface area (Å²) in [6.07, 6.45) is -4.63. The highest BCUT2D eigenvalue weighted by Gasteiger charge is 2.35. The Morgan fingerprint density at radius 2 is 2.00 bits per heavy atom. The van der Waals surface area contributed by atoms with E-state index in [1.807, 2.05) is 30.3 Å². The monoisotopic (exact) mass is 394 g/mol. The van der Waals surface area contributed by atoms with Crippen LogP contribution in [0.3, 0.4) is 0 Å². The van der Waals surface area contributed by atoms with Crippen molar-refractivity contribution in [2.24, 2.45) is 7.05 Å². The van der Waals surface area contributed by atoms with Crippen molar-refractivity contribution in [1.82, 2.24) is 25.2 Å². The van der Waals surface area contributed by atoms with Crippen molar-refractivity contribution >= 4 is 11.9 Å². The summed E-state index contributed by atoms with van der Waals surface area (Å²) < 4.78 is 44.1. The first-order valence-corrected chi connectivity index (χ1v) is 8.27. The first-order chi connectivity index (χ1) is 13.2. The van der Waals surface area contributed by atoms with Crippen LogP contribution in [0.25, 0.3) is 0 Å². The Hall–Kier alpha value is -3.37. The highest BCUT2D eigenvalue weighted by molar-refractivity contribution is 5.92. The number of anilines is 1. The summed E-state index contributed by atoms with van der Waals surface area (Å²) in [5.74, 6) is -0.392. The Morgan fingerprint density at radius 1 is 1.29 bits per heavy atom. The van der Waals surface area contributed by atoms with E-state index in [9.17, 15) is 18.0 Å². The molecule has 1 amide bonds. The zero-order valence-electron chi connectivity index (χ0n) is 15.0. The predicted molar refractivity (Wildman–Crippen MR) is 92.2 cm³/mol. The molecule has 148 valence electrons. The van der Waals surface area contributed by atoms with E-state index in [1.54, 1.807) is 6.92 Å². The Labute approximate surface area is 157 Å². The Morgan fingerprint density at radius 3 is 2.64 bits per heavy atom. The van der Waals surface area contributed by atoms with Gasteiger partial charge in [-0.2, -0.15) is 23.3 Å². The summed E-state index contributed by atoms with van der Waals surface area (Å²) in [5, 5.41) is 12.6. The van der Waals surface area contributed by atoms with Crippen LogP contribution in [0, 0.1) is 0 Å². The van der Waals surface area contributed by atoms with Crippen molar-refractivity contribution in [2.45, 2.75) is 25.7 Å². The Balaban J connectivity index is 1.62. The number of carbonyl (C=O) groups excluding carboxylic acids is 1. The summed E-state index contributed by atoms with van der Waals surface area (Å²) in [5.41, 5.74) is -0.356. The van der Waals surface area contributed by atoms with E-state index in [1.165, 1.54) is 7.05 Å². The molecule has 11 heteroatoms. The fourth-order valence-corrected chi connectivity index (χ4v) is 2.41. The minimum atomic E-state index is -4.63. The molecule has 0 fully saturated rings. The highest BCUT2D eigenvalue weighted by Crippen LogP contribution is 2.28. The molecule has 0 saturated heterocycles. The lowest BCUT2D eigenvalue weighted by atomic mass is 10.2. The van der Waals surface area contributed by atoms with E-state index in [2.05, 4.69) is 25.9 Å². The second-order valence-electron chi connectivity index (χ2n) is 6.03. The number of hydrogen-bond donors (Lipinski definition) is 2. The summed E-state index contributed by atoms with van der Waals surface area (Å²) in [6, 6.07) is 9.54. The molecule has 3 aromatic rings. The number of nitrogens with one attached hydrogen (secondary N) is 2. The first kappa shape index (κ1) is 19.4. The van der Waals surface area contributed by atoms with Crippen LogP contribution in [-0.4, -0.2) is 25.8 Å². The number of carbonyl (C=O) groups is 1. The molecule has 0 aliphatic carbocycles. The van der Waals surface area contributed by atoms with Gasteiger partial charge in [0.2, 0.25) is 0 Å². The van der Waals surface area contributed by atoms with Crippen LogP contribution in [0.1, 0.15) is 40.6 Å². The molecule has 0 aliphatic rings. The molecule has 2 N–H and O–H groups in total. The number of benzene rings is 1. The molecule has 0 radical (unpaired) electrons. The van der Waals surface area contributed by atoms with Gasteiger partial charge < -0.3 is 15.2 Å². The smallest absolute Gasteiger partial charge is 0.348 e. The van der Waals surface area contributed by atoms with Crippen LogP contribution >= 0.6 is 0 Å². The Kier molecular flexibility index (Phi) is 5.34. The van der Waals surface area contributed by atoms with E-state index in [4.69, 9.17) is 4.52 Å². The van der Waals surface area contributed by atoms with Crippen LogP contribution < -0.4 is 10.6 Å². The van der Waals surface area contributed by atoms with Crippen molar-refractivity contribution in [3.63, 3.8) is 0 Å². The predicted octanol–water partition coefficient (Wildman–Crippen LogP) is 2.93. The van der Waals surface area contributed by atoms with E-state index in [0.29, 0.717) is 12.6 Å². The maximum Gasteiger partial charge on any atom is 0.435 e. The summed E-state index contributed by atoms with van der Waals surface area (Å²) in [7, 11) is 1.26. The van der Waals surface area contributed by atoms with Gasteiger partial charge in [0.1, 0.15) is 11.7 Å². The average molecular weight is 394 g/mol. The van der Waals surface area contributed by atoms with Crippen LogP contribution in [-0.2, 0) is 19.8 Å². The van der Waals surface area contributed by atoms with E-state index < -0.39 is 23.8 Å². The van der Waals surface area contributed by atoms with Crippen molar-refractivity contribution in [3.05, 3.63) is 59.2 Å². The third kappa shape index (κ3) is 4.48. The number of halogens is 3. The lowest BCUT2D eigenvalue weighted by Gasteiger charge is -2.09. The summed E-state index contributed by atoms with van der Waals surface area (Å²) >= 11 is 0. The van der Waals surface area contributed by atoms with Crippen molar-refractivity contribution in [3.8, 4) is 0 Å². The molecule has 28 heavy (non-hydrogen) atoms. The molecule has 3 rings (SSSR count). The number of hydrogen-bond acceptors (Lipinski definition) is 6. The number of alkyl halides is 3. The molecular formula is C17H17F3N6O2. The molecule has 2 heterocycles. The van der Waals surface area contributed by atoms with Gasteiger partial charge in [-0.1, -0.05) is 30.3 Å². The van der Waals surface area contributed by atoms with Crippen molar-refractivity contribution in [1.29, 1.82) is 0 Å². The van der Waals surface area contributed by atoms with E-state index in [0.717, 1.165) is 10.2 Å². The molecular weight excluding hydrogens is 377 g/mol. The molecule has 1 aromatic carbocycles. The molecule has 0 spiro atoms. The summed E-state index contributed by atoms with van der Waals surface area (Å²) in [4.78, 5) is 16.4. The van der Waals surface area contributed by atoms with Gasteiger partial charge in [-0.15, -0.1) is 0 Å². The normalized spacial score (nSPS) is 12.6. The topological polar surface area (TPSA) is 97.9 Å². The fraction of sp³-hybridized carbons (Fsp3) is 0.294. The van der Waals surface area contributed by atoms with Gasteiger partial charge in [-0.05, 0) is 17.6 Å². The van der Waals surface area contributed by atoms with Gasteiger partial charge in [0.05, 0.1) is 0 Å². The van der Waals surface area contributed by atoms with E-state index >= 15 is 0 Å². The van der Waals surface area contributed by atoms with Gasteiger partial charge in [0.15, 0.2) is 5.69 Å². The number of nitrogens with zero attached hydrogens (tertiary/aromatic N) is 4. The third-order valence-corrected chi connectivity index (χ3v) is 3.86. The lowest BCUT2D eigenvalue weighted by Crippen LogP contribution is -2.28. The lowest BCUT2D eigenvalue weighted by molar-refractivity contribution is -0.141. The van der Waals surface area contributed by atoms with Gasteiger partial charge in [0, 0.05) is 19.7 Å². The van der Waals surface area contributed by atoms with Crippen LogP contribution in [0.5, 0.6) is 0 Å². The van der Waals surface area contributed by atoms with Gasteiger partial charge in [-0.3, -0.25) is 9.48 Å². The van der Waals surface area contributed by atoms with Crippen LogP contribution in [0.2, 0.25) is 0 Å². The minimum Gasteiger partial charge on any atom is -0.348 e. The number of rotatable bonds is 6. The zero-order chi connectivity index (χ0) is 20.3. The van der Waals surface area contributed by atoms with Crippen molar-refractivity contribution in [2.75, 3.05) is 5.32 Å². The second-order valence-corrected chi connectivity index (χ2v) is 6.03. The van der Waals surface area contributed by atoms with Gasteiger partial charge >= 0.3 is 6.18 Å². The molecule has 0 aliphatic heterocycles. The number of aryl methyl sites for hydroxylation is 1. The van der Waals surface area contributed by atoms with Crippen LogP contribution in [0.4, 0.5) is 19.1 Å².